The van der Waals surface area contributed by atoms with Crippen LogP contribution in [0.1, 0.15) is 26.3 Å². The van der Waals surface area contributed by atoms with Gasteiger partial charge in [-0.15, -0.1) is 11.8 Å². The summed E-state index contributed by atoms with van der Waals surface area (Å²) in [5, 5.41) is 4.03. The Morgan fingerprint density at radius 1 is 1.32 bits per heavy atom. The molecule has 0 spiro atoms. The zero-order valence-corrected chi connectivity index (χ0v) is 14.6. The average molecular weight is 346 g/mol. The second kappa shape index (κ2) is 9.01. The van der Waals surface area contributed by atoms with Gasteiger partial charge < -0.3 is 10.1 Å². The Morgan fingerprint density at radius 2 is 2.05 bits per heavy atom. The third-order valence-corrected chi connectivity index (χ3v) is 5.12. The Balaban J connectivity index is 2.68. The molecule has 1 aromatic carbocycles. The normalized spacial score (nSPS) is 12.9. The molecule has 0 aliphatic rings. The smallest absolute Gasteiger partial charge is 0.0587 e. The number of nitrogens with one attached hydrogen (secondary N) is 1. The number of benzene rings is 1. The third-order valence-electron chi connectivity index (χ3n) is 3.08. The van der Waals surface area contributed by atoms with Crippen molar-refractivity contribution in [3.05, 3.63) is 28.2 Å². The Morgan fingerprint density at radius 3 is 2.68 bits per heavy atom. The van der Waals surface area contributed by atoms with Gasteiger partial charge in [-0.1, -0.05) is 42.8 Å². The van der Waals surface area contributed by atoms with E-state index in [1.165, 1.54) is 10.5 Å². The van der Waals surface area contributed by atoms with Crippen LogP contribution in [0.5, 0.6) is 0 Å². The van der Waals surface area contributed by atoms with Crippen LogP contribution in [-0.4, -0.2) is 25.5 Å². The summed E-state index contributed by atoms with van der Waals surface area (Å²) in [6.45, 7) is 9.36. The van der Waals surface area contributed by atoms with E-state index in [2.05, 4.69) is 60.2 Å². The molecule has 0 aromatic heterocycles. The van der Waals surface area contributed by atoms with E-state index >= 15 is 0 Å². The number of methoxy groups -OCH3 is 1. The SMILES string of the molecule is COCCNCc1ccc(Br)cc1SC(C)C(C)C. The number of thioether (sulfide) groups is 1. The van der Waals surface area contributed by atoms with Crippen molar-refractivity contribution in [1.82, 2.24) is 5.32 Å². The lowest BCUT2D eigenvalue weighted by Gasteiger charge is -2.18. The summed E-state index contributed by atoms with van der Waals surface area (Å²) in [6.07, 6.45) is 0. The Hall–Kier alpha value is -0.0300. The van der Waals surface area contributed by atoms with Gasteiger partial charge in [-0.05, 0) is 23.6 Å². The first-order valence-electron chi connectivity index (χ1n) is 6.69. The van der Waals surface area contributed by atoms with Gasteiger partial charge in [0.25, 0.3) is 0 Å². The Bertz CT molecular complexity index is 384. The van der Waals surface area contributed by atoms with Crippen molar-refractivity contribution in [2.45, 2.75) is 37.5 Å². The van der Waals surface area contributed by atoms with Crippen LogP contribution in [0.3, 0.4) is 0 Å². The van der Waals surface area contributed by atoms with Gasteiger partial charge in [-0.25, -0.2) is 0 Å². The molecule has 2 nitrogen and oxygen atoms in total. The number of ether oxygens (including phenoxy) is 1. The van der Waals surface area contributed by atoms with Crippen molar-refractivity contribution < 1.29 is 4.74 Å². The third kappa shape index (κ3) is 6.30. The van der Waals surface area contributed by atoms with E-state index in [9.17, 15) is 0 Å². The Kier molecular flexibility index (Phi) is 8.07. The summed E-state index contributed by atoms with van der Waals surface area (Å²) in [4.78, 5) is 1.36. The minimum atomic E-state index is 0.618. The average Bonchev–Trinajstić information content (AvgIpc) is 2.36. The van der Waals surface area contributed by atoms with Crippen molar-refractivity contribution in [2.75, 3.05) is 20.3 Å². The number of halogens is 1. The summed E-state index contributed by atoms with van der Waals surface area (Å²) in [5.41, 5.74) is 1.36. The summed E-state index contributed by atoms with van der Waals surface area (Å²) >= 11 is 5.52. The molecule has 0 bridgehead atoms. The highest BCUT2D eigenvalue weighted by molar-refractivity contribution is 9.10. The molecule has 1 N–H and O–H groups in total. The van der Waals surface area contributed by atoms with E-state index in [1.54, 1.807) is 7.11 Å². The quantitative estimate of drug-likeness (QED) is 0.559. The number of hydrogen-bond donors (Lipinski definition) is 1. The minimum Gasteiger partial charge on any atom is -0.383 e. The summed E-state index contributed by atoms with van der Waals surface area (Å²) in [6, 6.07) is 6.52. The van der Waals surface area contributed by atoms with Gasteiger partial charge >= 0.3 is 0 Å². The van der Waals surface area contributed by atoms with Crippen molar-refractivity contribution in [3.63, 3.8) is 0 Å². The minimum absolute atomic E-state index is 0.618. The molecule has 0 saturated carbocycles. The molecule has 0 aliphatic heterocycles. The molecule has 1 atom stereocenters. The van der Waals surface area contributed by atoms with Crippen molar-refractivity contribution in [2.24, 2.45) is 5.92 Å². The van der Waals surface area contributed by atoms with Crippen LogP contribution in [0.2, 0.25) is 0 Å². The van der Waals surface area contributed by atoms with Crippen molar-refractivity contribution in [3.8, 4) is 0 Å². The summed E-state index contributed by atoms with van der Waals surface area (Å²) in [7, 11) is 1.73. The first-order chi connectivity index (χ1) is 9.04. The fourth-order valence-electron chi connectivity index (χ4n) is 1.52. The lowest BCUT2D eigenvalue weighted by molar-refractivity contribution is 0.199. The zero-order chi connectivity index (χ0) is 14.3. The summed E-state index contributed by atoms with van der Waals surface area (Å²) in [5.74, 6) is 0.679. The molecular formula is C15H24BrNOS. The van der Waals surface area contributed by atoms with Gasteiger partial charge in [-0.3, -0.25) is 0 Å². The van der Waals surface area contributed by atoms with Crippen LogP contribution in [0.4, 0.5) is 0 Å². The molecule has 4 heteroatoms. The van der Waals surface area contributed by atoms with Gasteiger partial charge in [0, 0.05) is 34.8 Å². The molecule has 0 amide bonds. The molecule has 0 heterocycles. The van der Waals surface area contributed by atoms with Crippen LogP contribution in [0, 0.1) is 5.92 Å². The molecule has 19 heavy (non-hydrogen) atoms. The first kappa shape index (κ1) is 17.0. The zero-order valence-electron chi connectivity index (χ0n) is 12.2. The van der Waals surface area contributed by atoms with Gasteiger partial charge in [-0.2, -0.15) is 0 Å². The lowest BCUT2D eigenvalue weighted by Crippen LogP contribution is -2.19. The molecular weight excluding hydrogens is 322 g/mol. The first-order valence-corrected chi connectivity index (χ1v) is 8.36. The van der Waals surface area contributed by atoms with Crippen LogP contribution < -0.4 is 5.32 Å². The fourth-order valence-corrected chi connectivity index (χ4v) is 3.19. The highest BCUT2D eigenvalue weighted by Gasteiger charge is 2.12. The van der Waals surface area contributed by atoms with Gasteiger partial charge in [0.15, 0.2) is 0 Å². The molecule has 0 fully saturated rings. The molecule has 1 aromatic rings. The standard InChI is InChI=1S/C15H24BrNOS/c1-11(2)12(3)19-15-9-14(16)6-5-13(15)10-17-7-8-18-4/h5-6,9,11-12,17H,7-8,10H2,1-4H3. The van der Waals surface area contributed by atoms with Crippen LogP contribution in [0.15, 0.2) is 27.6 Å². The van der Waals surface area contributed by atoms with Gasteiger partial charge in [0.1, 0.15) is 0 Å². The molecule has 1 unspecified atom stereocenters. The van der Waals surface area contributed by atoms with Crippen molar-refractivity contribution >= 4 is 27.7 Å². The van der Waals surface area contributed by atoms with Gasteiger partial charge in [0.2, 0.25) is 0 Å². The molecule has 0 aliphatic carbocycles. The second-order valence-electron chi connectivity index (χ2n) is 4.99. The van der Waals surface area contributed by atoms with Crippen molar-refractivity contribution in [1.29, 1.82) is 0 Å². The monoisotopic (exact) mass is 345 g/mol. The largest absolute Gasteiger partial charge is 0.383 e. The molecule has 108 valence electrons. The highest BCUT2D eigenvalue weighted by atomic mass is 79.9. The summed E-state index contributed by atoms with van der Waals surface area (Å²) < 4.78 is 6.19. The highest BCUT2D eigenvalue weighted by Crippen LogP contribution is 2.32. The van der Waals surface area contributed by atoms with Crippen LogP contribution >= 0.6 is 27.7 Å². The predicted octanol–water partition coefficient (Wildman–Crippen LogP) is 4.32. The number of hydrogen-bond acceptors (Lipinski definition) is 3. The number of rotatable bonds is 8. The van der Waals surface area contributed by atoms with E-state index in [1.807, 2.05) is 11.8 Å². The van der Waals surface area contributed by atoms with E-state index in [0.29, 0.717) is 11.2 Å². The Labute approximate surface area is 129 Å². The van der Waals surface area contributed by atoms with E-state index in [4.69, 9.17) is 4.74 Å². The fraction of sp³-hybridized carbons (Fsp3) is 0.600. The molecule has 1 rings (SSSR count). The predicted molar refractivity (Wildman–Crippen MR) is 87.9 cm³/mol. The molecule has 0 saturated heterocycles. The topological polar surface area (TPSA) is 21.3 Å². The maximum atomic E-state index is 5.05. The molecule has 0 radical (unpaired) electrons. The van der Waals surface area contributed by atoms with E-state index in [-0.39, 0.29) is 0 Å². The van der Waals surface area contributed by atoms with E-state index < -0.39 is 0 Å². The van der Waals surface area contributed by atoms with E-state index in [0.717, 1.165) is 24.2 Å². The maximum Gasteiger partial charge on any atom is 0.0587 e. The van der Waals surface area contributed by atoms with Crippen LogP contribution in [0.25, 0.3) is 0 Å². The van der Waals surface area contributed by atoms with Gasteiger partial charge in [0.05, 0.1) is 6.61 Å². The maximum absolute atomic E-state index is 5.05. The second-order valence-corrected chi connectivity index (χ2v) is 7.32. The lowest BCUT2D eigenvalue weighted by atomic mass is 10.2. The van der Waals surface area contributed by atoms with Crippen LogP contribution in [-0.2, 0) is 11.3 Å².